The predicted molar refractivity (Wildman–Crippen MR) is 138 cm³/mol. The van der Waals surface area contributed by atoms with Gasteiger partial charge in [-0.3, -0.25) is 0 Å². The first-order chi connectivity index (χ1) is 16.5. The van der Waals surface area contributed by atoms with Gasteiger partial charge in [0.05, 0.1) is 17.2 Å². The molecule has 4 heteroatoms. The standard InChI is InChI=1S/C30H20NO2S/c1-3-30(2,23-17-15-21(20-31)16-18-23)33-29(32)22-9-8-10-24(19-22)34-27-13-6-4-11-25(27)26-12-5-7-14-28(26)34/h1,4-19H,2H3/q+1. The summed E-state index contributed by atoms with van der Waals surface area (Å²) in [6.07, 6.45) is 5.78. The van der Waals surface area contributed by atoms with Crippen molar-refractivity contribution in [1.29, 1.82) is 5.26 Å². The van der Waals surface area contributed by atoms with Crippen LogP contribution < -0.4 is 0 Å². The van der Waals surface area contributed by atoms with Crippen molar-refractivity contribution in [2.24, 2.45) is 0 Å². The number of carbonyl (C=O) groups is 1. The molecule has 0 radical (unpaired) electrons. The fourth-order valence-corrected chi connectivity index (χ4v) is 6.56. The highest BCUT2D eigenvalue weighted by Gasteiger charge is 2.30. The summed E-state index contributed by atoms with van der Waals surface area (Å²) in [4.78, 5) is 14.3. The number of thiophene rings is 1. The zero-order valence-corrected chi connectivity index (χ0v) is 19.3. The number of benzene rings is 4. The molecule has 5 aromatic rings. The molecule has 0 aliphatic rings. The molecule has 0 saturated heterocycles. The normalized spacial score (nSPS) is 12.6. The van der Waals surface area contributed by atoms with Crippen molar-refractivity contribution in [2.75, 3.05) is 0 Å². The van der Waals surface area contributed by atoms with E-state index in [1.54, 1.807) is 37.3 Å². The largest absolute Gasteiger partial charge is 0.438 e. The van der Waals surface area contributed by atoms with Crippen LogP contribution in [0.25, 0.3) is 25.1 Å². The summed E-state index contributed by atoms with van der Waals surface area (Å²) in [5.74, 6) is 2.11. The van der Waals surface area contributed by atoms with Crippen LogP contribution in [0.2, 0.25) is 0 Å². The lowest BCUT2D eigenvalue weighted by atomic mass is 9.95. The zero-order chi connectivity index (χ0) is 23.7. The maximum absolute atomic E-state index is 13.2. The molecule has 0 aliphatic carbocycles. The third-order valence-corrected chi connectivity index (χ3v) is 8.26. The summed E-state index contributed by atoms with van der Waals surface area (Å²) >= 11 is 0. The third kappa shape index (κ3) is 3.61. The average molecular weight is 459 g/mol. The highest BCUT2D eigenvalue weighted by molar-refractivity contribution is 7.50. The number of carbonyl (C=O) groups excluding carboxylic acids is 1. The third-order valence-electron chi connectivity index (χ3n) is 5.95. The van der Waals surface area contributed by atoms with Crippen molar-refractivity contribution >= 4 is 36.6 Å². The van der Waals surface area contributed by atoms with E-state index in [2.05, 4.69) is 66.6 Å². The van der Waals surface area contributed by atoms with Gasteiger partial charge in [-0.25, -0.2) is 4.79 Å². The Morgan fingerprint density at radius 2 is 1.50 bits per heavy atom. The molecule has 162 valence electrons. The minimum atomic E-state index is -1.25. The van der Waals surface area contributed by atoms with E-state index in [0.29, 0.717) is 16.7 Å². The Balaban J connectivity index is 1.54. The lowest BCUT2D eigenvalue weighted by Gasteiger charge is -2.24. The Bertz CT molecular complexity index is 1580. The van der Waals surface area contributed by atoms with Gasteiger partial charge in [0.2, 0.25) is 0 Å². The molecule has 34 heavy (non-hydrogen) atoms. The monoisotopic (exact) mass is 458 g/mol. The molecule has 1 aromatic heterocycles. The van der Waals surface area contributed by atoms with Crippen molar-refractivity contribution in [3.63, 3.8) is 0 Å². The van der Waals surface area contributed by atoms with E-state index >= 15 is 0 Å². The van der Waals surface area contributed by atoms with Gasteiger partial charge in [0.25, 0.3) is 0 Å². The van der Waals surface area contributed by atoms with E-state index in [1.165, 1.54) is 20.2 Å². The zero-order valence-electron chi connectivity index (χ0n) is 18.5. The van der Waals surface area contributed by atoms with Crippen LogP contribution in [0.1, 0.15) is 28.4 Å². The predicted octanol–water partition coefficient (Wildman–Crippen LogP) is 7.31. The molecule has 0 saturated carbocycles. The number of ether oxygens (including phenoxy) is 1. The van der Waals surface area contributed by atoms with Crippen molar-refractivity contribution in [1.82, 2.24) is 0 Å². The Hall–Kier alpha value is -4.38. The second-order valence-electron chi connectivity index (χ2n) is 8.08. The Kier molecular flexibility index (Phi) is 5.38. The average Bonchev–Trinajstić information content (AvgIpc) is 3.23. The number of esters is 1. The number of rotatable bonds is 4. The van der Waals surface area contributed by atoms with Crippen LogP contribution in [0, 0.1) is 23.7 Å². The molecule has 0 fully saturated rings. The van der Waals surface area contributed by atoms with Crippen molar-refractivity contribution in [2.45, 2.75) is 12.5 Å². The first-order valence-corrected chi connectivity index (χ1v) is 12.0. The topological polar surface area (TPSA) is 50.1 Å². The second-order valence-corrected chi connectivity index (χ2v) is 10.0. The van der Waals surface area contributed by atoms with Crippen LogP contribution in [0.15, 0.2) is 97.1 Å². The van der Waals surface area contributed by atoms with Gasteiger partial charge in [-0.05, 0) is 55.5 Å². The van der Waals surface area contributed by atoms with E-state index in [-0.39, 0.29) is 10.5 Å². The molecule has 1 heterocycles. The van der Waals surface area contributed by atoms with Crippen molar-refractivity contribution in [3.05, 3.63) is 114 Å². The first kappa shape index (κ1) is 21.5. The number of hydrogen-bond donors (Lipinski definition) is 0. The molecule has 0 N–H and O–H groups in total. The van der Waals surface area contributed by atoms with Crippen LogP contribution in [0.5, 0.6) is 0 Å². The molecule has 0 bridgehead atoms. The number of nitriles is 1. The van der Waals surface area contributed by atoms with Crippen LogP contribution in [-0.4, -0.2) is 5.97 Å². The summed E-state index contributed by atoms with van der Waals surface area (Å²) in [7, 11) is -0.311. The van der Waals surface area contributed by atoms with Gasteiger partial charge in [-0.2, -0.15) is 5.26 Å². The van der Waals surface area contributed by atoms with Gasteiger partial charge in [0.1, 0.15) is 0 Å². The molecule has 1 unspecified atom stereocenters. The smallest absolute Gasteiger partial charge is 0.340 e. The van der Waals surface area contributed by atoms with E-state index < -0.39 is 11.6 Å². The minimum Gasteiger partial charge on any atom is -0.438 e. The highest BCUT2D eigenvalue weighted by atomic mass is 32.2. The van der Waals surface area contributed by atoms with Crippen LogP contribution >= 0.6 is 10.5 Å². The fraction of sp³-hybridized carbons (Fsp3) is 0.0667. The van der Waals surface area contributed by atoms with Crippen molar-refractivity contribution < 1.29 is 9.53 Å². The van der Waals surface area contributed by atoms with Gasteiger partial charge in [-0.15, -0.1) is 6.42 Å². The lowest BCUT2D eigenvalue weighted by Crippen LogP contribution is -2.27. The molecule has 5 rings (SSSR count). The number of fused-ring (bicyclic) bond motifs is 3. The molecular formula is C30H20NO2S+. The van der Waals surface area contributed by atoms with E-state index in [9.17, 15) is 4.79 Å². The Morgan fingerprint density at radius 3 is 2.09 bits per heavy atom. The van der Waals surface area contributed by atoms with E-state index in [0.717, 1.165) is 4.90 Å². The van der Waals surface area contributed by atoms with Gasteiger partial charge >= 0.3 is 5.97 Å². The summed E-state index contributed by atoms with van der Waals surface area (Å²) in [5, 5.41) is 11.5. The van der Waals surface area contributed by atoms with Gasteiger partial charge < -0.3 is 4.74 Å². The fourth-order valence-electron chi connectivity index (χ4n) is 4.14. The van der Waals surface area contributed by atoms with Gasteiger partial charge in [-0.1, -0.05) is 48.4 Å². The highest BCUT2D eigenvalue weighted by Crippen LogP contribution is 2.48. The summed E-state index contributed by atoms with van der Waals surface area (Å²) in [6.45, 7) is 1.68. The SMILES string of the molecule is C#CC(C)(OC(=O)c1cccc(-[s+]2c3ccccc3c3ccccc32)c1)c1ccc(C#N)cc1. The second kappa shape index (κ2) is 8.52. The quantitative estimate of drug-likeness (QED) is 0.161. The minimum absolute atomic E-state index is 0.311. The van der Waals surface area contributed by atoms with Gasteiger partial charge in [0, 0.05) is 32.9 Å². The first-order valence-electron chi connectivity index (χ1n) is 10.8. The number of nitrogens with zero attached hydrogens (tertiary/aromatic N) is 1. The maximum atomic E-state index is 13.2. The summed E-state index contributed by atoms with van der Waals surface area (Å²) in [6, 6.07) is 33.3. The molecule has 1 atom stereocenters. The van der Waals surface area contributed by atoms with Crippen LogP contribution in [0.3, 0.4) is 0 Å². The molecule has 0 amide bonds. The Labute approximate surface area is 200 Å². The van der Waals surface area contributed by atoms with E-state index in [4.69, 9.17) is 16.4 Å². The van der Waals surface area contributed by atoms with Crippen molar-refractivity contribution in [3.8, 4) is 23.3 Å². The summed E-state index contributed by atoms with van der Waals surface area (Å²) < 4.78 is 8.33. The number of hydrogen-bond acceptors (Lipinski definition) is 3. The van der Waals surface area contributed by atoms with Crippen LogP contribution in [-0.2, 0) is 10.3 Å². The molecule has 4 aromatic carbocycles. The van der Waals surface area contributed by atoms with Gasteiger partial charge in [0.15, 0.2) is 19.9 Å². The van der Waals surface area contributed by atoms with E-state index in [1.807, 2.05) is 12.1 Å². The lowest BCUT2D eigenvalue weighted by molar-refractivity contribution is 0.0129. The maximum Gasteiger partial charge on any atom is 0.340 e. The van der Waals surface area contributed by atoms with Crippen LogP contribution in [0.4, 0.5) is 0 Å². The molecule has 3 nitrogen and oxygen atoms in total. The molecule has 0 aliphatic heterocycles. The molecular weight excluding hydrogens is 438 g/mol. The molecule has 0 spiro atoms. The number of terminal acetylenes is 1. The Morgan fingerprint density at radius 1 is 0.882 bits per heavy atom. The summed E-state index contributed by atoms with van der Waals surface area (Å²) in [5.41, 5.74) is 0.344.